The molecule has 1 saturated heterocycles. The molecule has 1 aliphatic heterocycles. The first-order valence-electron chi connectivity index (χ1n) is 8.05. The molecule has 0 saturated carbocycles. The highest BCUT2D eigenvalue weighted by Crippen LogP contribution is 2.24. The van der Waals surface area contributed by atoms with Crippen LogP contribution < -0.4 is 11.1 Å². The minimum Gasteiger partial charge on any atom is -0.370 e. The lowest BCUT2D eigenvalue weighted by atomic mass is 9.92. The Balaban J connectivity index is 1.93. The summed E-state index contributed by atoms with van der Waals surface area (Å²) >= 11 is 0. The minimum absolute atomic E-state index is 0.0617. The van der Waals surface area contributed by atoms with Gasteiger partial charge in [0.1, 0.15) is 5.82 Å². The van der Waals surface area contributed by atoms with E-state index in [0.29, 0.717) is 31.2 Å². The van der Waals surface area contributed by atoms with E-state index in [1.54, 1.807) is 9.58 Å². The van der Waals surface area contributed by atoms with Gasteiger partial charge in [0.05, 0.1) is 5.69 Å². The molecule has 7 nitrogen and oxygen atoms in total. The summed E-state index contributed by atoms with van der Waals surface area (Å²) in [6.07, 6.45) is 2.04. The Hall–Kier alpha value is -2.05. The van der Waals surface area contributed by atoms with Crippen LogP contribution in [-0.4, -0.2) is 39.7 Å². The van der Waals surface area contributed by atoms with Gasteiger partial charge in [0.2, 0.25) is 5.91 Å². The zero-order valence-electron chi connectivity index (χ0n) is 14.4. The van der Waals surface area contributed by atoms with Crippen molar-refractivity contribution < 1.29 is 9.59 Å². The van der Waals surface area contributed by atoms with Crippen molar-refractivity contribution in [3.63, 3.8) is 0 Å². The van der Waals surface area contributed by atoms with Crippen LogP contribution in [0.25, 0.3) is 0 Å². The summed E-state index contributed by atoms with van der Waals surface area (Å²) in [5.41, 5.74) is 6.11. The third-order valence-electron chi connectivity index (χ3n) is 4.27. The van der Waals surface area contributed by atoms with E-state index in [1.165, 1.54) is 0 Å². The van der Waals surface area contributed by atoms with Crippen molar-refractivity contribution in [1.82, 2.24) is 14.7 Å². The van der Waals surface area contributed by atoms with Gasteiger partial charge in [0, 0.05) is 38.0 Å². The normalized spacial score (nSPS) is 16.4. The molecule has 0 aliphatic carbocycles. The molecular formula is C16H27N5O2. The van der Waals surface area contributed by atoms with Crippen molar-refractivity contribution in [3.8, 4) is 0 Å². The monoisotopic (exact) mass is 321 g/mol. The Kier molecular flexibility index (Phi) is 4.97. The number of amides is 3. The van der Waals surface area contributed by atoms with Gasteiger partial charge in [-0.1, -0.05) is 20.8 Å². The number of carbonyl (C=O) groups is 2. The summed E-state index contributed by atoms with van der Waals surface area (Å²) < 4.78 is 1.69. The summed E-state index contributed by atoms with van der Waals surface area (Å²) in [6.45, 7) is 7.56. The van der Waals surface area contributed by atoms with Gasteiger partial charge < -0.3 is 10.6 Å². The number of aryl methyl sites for hydroxylation is 1. The van der Waals surface area contributed by atoms with Crippen LogP contribution in [0.15, 0.2) is 6.07 Å². The number of rotatable bonds is 3. The fourth-order valence-corrected chi connectivity index (χ4v) is 2.76. The Morgan fingerprint density at radius 1 is 1.35 bits per heavy atom. The Bertz CT molecular complexity index is 580. The molecule has 1 fully saturated rings. The fourth-order valence-electron chi connectivity index (χ4n) is 2.76. The number of anilines is 1. The first-order valence-corrected chi connectivity index (χ1v) is 8.05. The van der Waals surface area contributed by atoms with Gasteiger partial charge >= 0.3 is 6.03 Å². The topological polar surface area (TPSA) is 93.2 Å². The van der Waals surface area contributed by atoms with E-state index in [2.05, 4.69) is 31.2 Å². The van der Waals surface area contributed by atoms with Crippen molar-refractivity contribution in [2.24, 2.45) is 18.7 Å². The summed E-state index contributed by atoms with van der Waals surface area (Å²) in [5, 5.41) is 7.38. The SMILES string of the molecule is Cn1nc(C(C)(C)C)cc1NC(=O)N1CCC(CC(N)=O)CC1. The number of nitrogens with zero attached hydrogens (tertiary/aromatic N) is 3. The molecule has 0 unspecified atom stereocenters. The van der Waals surface area contributed by atoms with E-state index >= 15 is 0 Å². The molecule has 23 heavy (non-hydrogen) atoms. The maximum absolute atomic E-state index is 12.4. The number of urea groups is 1. The molecule has 1 aromatic rings. The second-order valence-corrected chi connectivity index (χ2v) is 7.32. The standard InChI is InChI=1S/C16H27N5O2/c1-16(2,3)12-10-14(20(4)19-12)18-15(23)21-7-5-11(6-8-21)9-13(17)22/h10-11H,5-9H2,1-4H3,(H2,17,22)(H,18,23). The zero-order valence-corrected chi connectivity index (χ0v) is 14.4. The van der Waals surface area contributed by atoms with E-state index in [0.717, 1.165) is 18.5 Å². The van der Waals surface area contributed by atoms with Gasteiger partial charge in [-0.25, -0.2) is 4.79 Å². The molecule has 7 heteroatoms. The summed E-state index contributed by atoms with van der Waals surface area (Å²) in [5.74, 6) is 0.720. The third-order valence-corrected chi connectivity index (χ3v) is 4.27. The number of likely N-dealkylation sites (tertiary alicyclic amines) is 1. The van der Waals surface area contributed by atoms with Crippen molar-refractivity contribution in [1.29, 1.82) is 0 Å². The molecule has 0 bridgehead atoms. The van der Waals surface area contributed by atoms with Crippen LogP contribution in [0, 0.1) is 5.92 Å². The van der Waals surface area contributed by atoms with Crippen LogP contribution in [0.3, 0.4) is 0 Å². The average molecular weight is 321 g/mol. The summed E-state index contributed by atoms with van der Waals surface area (Å²) in [6, 6.07) is 1.79. The molecule has 1 aliphatic rings. The third kappa shape index (κ3) is 4.46. The van der Waals surface area contributed by atoms with Crippen LogP contribution in [0.5, 0.6) is 0 Å². The first kappa shape index (κ1) is 17.3. The molecule has 1 aromatic heterocycles. The average Bonchev–Trinajstić information content (AvgIpc) is 2.80. The van der Waals surface area contributed by atoms with E-state index in [1.807, 2.05) is 13.1 Å². The van der Waals surface area contributed by atoms with Crippen LogP contribution in [-0.2, 0) is 17.3 Å². The predicted molar refractivity (Wildman–Crippen MR) is 89.0 cm³/mol. The highest BCUT2D eigenvalue weighted by atomic mass is 16.2. The molecule has 2 heterocycles. The molecule has 0 radical (unpaired) electrons. The maximum Gasteiger partial charge on any atom is 0.322 e. The smallest absolute Gasteiger partial charge is 0.322 e. The number of hydrogen-bond donors (Lipinski definition) is 2. The number of aromatic nitrogens is 2. The molecule has 3 N–H and O–H groups in total. The van der Waals surface area contributed by atoms with Crippen molar-refractivity contribution in [3.05, 3.63) is 11.8 Å². The lowest BCUT2D eigenvalue weighted by molar-refractivity contribution is -0.119. The predicted octanol–water partition coefficient (Wildman–Crippen LogP) is 1.84. The van der Waals surface area contributed by atoms with E-state index in [-0.39, 0.29) is 17.4 Å². The molecule has 2 rings (SSSR count). The summed E-state index contributed by atoms with van der Waals surface area (Å²) in [4.78, 5) is 25.1. The molecule has 0 spiro atoms. The Labute approximate surface area is 137 Å². The van der Waals surface area contributed by atoms with Gasteiger partial charge in [0.25, 0.3) is 0 Å². The van der Waals surface area contributed by atoms with Crippen molar-refractivity contribution in [2.45, 2.75) is 45.4 Å². The minimum atomic E-state index is -0.266. The molecule has 0 atom stereocenters. The first-order chi connectivity index (χ1) is 10.7. The van der Waals surface area contributed by atoms with Gasteiger partial charge in [-0.15, -0.1) is 0 Å². The molecular weight excluding hydrogens is 294 g/mol. The fraction of sp³-hybridized carbons (Fsp3) is 0.688. The lowest BCUT2D eigenvalue weighted by Crippen LogP contribution is -2.41. The molecule has 128 valence electrons. The van der Waals surface area contributed by atoms with Gasteiger partial charge in [-0.05, 0) is 18.8 Å². The van der Waals surface area contributed by atoms with Gasteiger partial charge in [0.15, 0.2) is 0 Å². The van der Waals surface area contributed by atoms with E-state index in [9.17, 15) is 9.59 Å². The zero-order chi connectivity index (χ0) is 17.2. The number of hydrogen-bond acceptors (Lipinski definition) is 3. The van der Waals surface area contributed by atoms with Gasteiger partial charge in [-0.2, -0.15) is 5.10 Å². The van der Waals surface area contributed by atoms with Crippen LogP contribution in [0.1, 0.15) is 45.7 Å². The van der Waals surface area contributed by atoms with Crippen molar-refractivity contribution in [2.75, 3.05) is 18.4 Å². The number of carbonyl (C=O) groups excluding carboxylic acids is 2. The van der Waals surface area contributed by atoms with Crippen LogP contribution in [0.4, 0.5) is 10.6 Å². The van der Waals surface area contributed by atoms with E-state index in [4.69, 9.17) is 5.73 Å². The second-order valence-electron chi connectivity index (χ2n) is 7.32. The number of primary amides is 1. The van der Waals surface area contributed by atoms with Crippen molar-refractivity contribution >= 4 is 17.8 Å². The Morgan fingerprint density at radius 3 is 2.43 bits per heavy atom. The number of piperidine rings is 1. The number of nitrogens with two attached hydrogens (primary N) is 1. The highest BCUT2D eigenvalue weighted by molar-refractivity contribution is 5.88. The van der Waals surface area contributed by atoms with Crippen LogP contribution >= 0.6 is 0 Å². The largest absolute Gasteiger partial charge is 0.370 e. The second kappa shape index (κ2) is 6.60. The number of nitrogens with one attached hydrogen (secondary N) is 1. The van der Waals surface area contributed by atoms with Gasteiger partial charge in [-0.3, -0.25) is 14.8 Å². The van der Waals surface area contributed by atoms with E-state index < -0.39 is 0 Å². The molecule has 0 aromatic carbocycles. The molecule has 3 amide bonds. The maximum atomic E-state index is 12.4. The summed E-state index contributed by atoms with van der Waals surface area (Å²) in [7, 11) is 1.82. The van der Waals surface area contributed by atoms with Crippen LogP contribution in [0.2, 0.25) is 0 Å². The lowest BCUT2D eigenvalue weighted by Gasteiger charge is -2.31. The highest BCUT2D eigenvalue weighted by Gasteiger charge is 2.25. The Morgan fingerprint density at radius 2 is 1.96 bits per heavy atom. The quantitative estimate of drug-likeness (QED) is 0.889.